The van der Waals surface area contributed by atoms with Gasteiger partial charge in [-0.25, -0.2) is 8.42 Å². The van der Waals surface area contributed by atoms with E-state index < -0.39 is 15.9 Å². The number of likely N-dealkylation sites (tertiary alicyclic amines) is 1. The van der Waals surface area contributed by atoms with Gasteiger partial charge >= 0.3 is 0 Å². The molecule has 6 nitrogen and oxygen atoms in total. The predicted molar refractivity (Wildman–Crippen MR) is 116 cm³/mol. The first-order valence-corrected chi connectivity index (χ1v) is 12.8. The van der Waals surface area contributed by atoms with Crippen molar-refractivity contribution in [2.75, 3.05) is 50.8 Å². The quantitative estimate of drug-likeness (QED) is 0.651. The highest BCUT2D eigenvalue weighted by Gasteiger charge is 2.32. The van der Waals surface area contributed by atoms with Crippen LogP contribution >= 0.6 is 0 Å². The number of nitrogens with zero attached hydrogens (tertiary/aromatic N) is 2. The molecule has 1 N–H and O–H groups in total. The van der Waals surface area contributed by atoms with E-state index in [2.05, 4.69) is 17.1 Å². The van der Waals surface area contributed by atoms with Gasteiger partial charge < -0.3 is 10.2 Å². The van der Waals surface area contributed by atoms with Crippen LogP contribution in [0.5, 0.6) is 0 Å². The summed E-state index contributed by atoms with van der Waals surface area (Å²) in [6.07, 6.45) is 4.64. The van der Waals surface area contributed by atoms with Gasteiger partial charge in [0.25, 0.3) is 0 Å². The Bertz CT molecular complexity index is 732. The molecule has 2 aliphatic heterocycles. The lowest BCUT2D eigenvalue weighted by Gasteiger charge is -2.33. The van der Waals surface area contributed by atoms with E-state index in [0.29, 0.717) is 19.6 Å². The first-order chi connectivity index (χ1) is 13.9. The highest BCUT2D eigenvalue weighted by Crippen LogP contribution is 2.23. The van der Waals surface area contributed by atoms with Crippen molar-refractivity contribution in [1.29, 1.82) is 0 Å². The van der Waals surface area contributed by atoms with Crippen LogP contribution in [0.25, 0.3) is 0 Å². The van der Waals surface area contributed by atoms with Crippen LogP contribution in [0.4, 0.5) is 0 Å². The largest absolute Gasteiger partial charge is 0.354 e. The SMILES string of the molecule is CC1CCN(CCCCNC(=O)C(c2ccccc2)N2CCS(=O)(=O)CC2)CC1. The molecule has 2 heterocycles. The zero-order chi connectivity index (χ0) is 20.7. The third-order valence-corrected chi connectivity index (χ3v) is 7.79. The van der Waals surface area contributed by atoms with Crippen molar-refractivity contribution in [1.82, 2.24) is 15.1 Å². The first-order valence-electron chi connectivity index (χ1n) is 10.9. The summed E-state index contributed by atoms with van der Waals surface area (Å²) in [5.41, 5.74) is 0.923. The van der Waals surface area contributed by atoms with Gasteiger partial charge in [0.2, 0.25) is 5.91 Å². The summed E-state index contributed by atoms with van der Waals surface area (Å²) in [5.74, 6) is 1.07. The summed E-state index contributed by atoms with van der Waals surface area (Å²) in [4.78, 5) is 17.5. The zero-order valence-corrected chi connectivity index (χ0v) is 18.4. The lowest BCUT2D eigenvalue weighted by atomic mass is 9.99. The molecular formula is C22H35N3O3S. The molecule has 2 saturated heterocycles. The lowest BCUT2D eigenvalue weighted by Crippen LogP contribution is -2.47. The second kappa shape index (κ2) is 10.5. The predicted octanol–water partition coefficient (Wildman–Crippen LogP) is 2.09. The fraction of sp³-hybridized carbons (Fsp3) is 0.682. The minimum absolute atomic E-state index is 0.0257. The minimum Gasteiger partial charge on any atom is -0.354 e. The summed E-state index contributed by atoms with van der Waals surface area (Å²) in [6, 6.07) is 9.26. The van der Waals surface area contributed by atoms with E-state index in [1.54, 1.807) is 0 Å². The minimum atomic E-state index is -2.97. The normalized spacial score (nSPS) is 22.2. The Morgan fingerprint density at radius 1 is 1.07 bits per heavy atom. The fourth-order valence-corrected chi connectivity index (χ4v) is 5.43. The van der Waals surface area contributed by atoms with Gasteiger partial charge in [-0.1, -0.05) is 37.3 Å². The van der Waals surface area contributed by atoms with Gasteiger partial charge in [0.05, 0.1) is 11.5 Å². The molecule has 0 radical (unpaired) electrons. The summed E-state index contributed by atoms with van der Waals surface area (Å²) >= 11 is 0. The van der Waals surface area contributed by atoms with Gasteiger partial charge in [-0.2, -0.15) is 0 Å². The molecule has 1 atom stereocenters. The molecule has 0 spiro atoms. The molecule has 29 heavy (non-hydrogen) atoms. The third kappa shape index (κ3) is 6.79. The van der Waals surface area contributed by atoms with Crippen LogP contribution in [0.1, 0.15) is 44.2 Å². The Kier molecular flexibility index (Phi) is 8.09. The number of amides is 1. The van der Waals surface area contributed by atoms with Gasteiger partial charge in [0.15, 0.2) is 9.84 Å². The van der Waals surface area contributed by atoms with E-state index in [9.17, 15) is 13.2 Å². The van der Waals surface area contributed by atoms with E-state index >= 15 is 0 Å². The zero-order valence-electron chi connectivity index (χ0n) is 17.6. The van der Waals surface area contributed by atoms with Crippen LogP contribution in [-0.4, -0.2) is 74.9 Å². The third-order valence-electron chi connectivity index (χ3n) is 6.18. The molecule has 3 rings (SSSR count). The van der Waals surface area contributed by atoms with E-state index in [4.69, 9.17) is 0 Å². The summed E-state index contributed by atoms with van der Waals surface area (Å²) in [5, 5.41) is 3.10. The van der Waals surface area contributed by atoms with Crippen molar-refractivity contribution in [2.45, 2.75) is 38.6 Å². The average Bonchev–Trinajstić information content (AvgIpc) is 2.71. The summed E-state index contributed by atoms with van der Waals surface area (Å²) in [6.45, 7) is 7.30. The Hall–Kier alpha value is -1.44. The molecule has 2 fully saturated rings. The van der Waals surface area contributed by atoms with Crippen LogP contribution in [0.2, 0.25) is 0 Å². The van der Waals surface area contributed by atoms with Crippen LogP contribution in [0.15, 0.2) is 30.3 Å². The molecular weight excluding hydrogens is 386 g/mol. The van der Waals surface area contributed by atoms with E-state index in [1.165, 1.54) is 25.9 Å². The standard InChI is InChI=1S/C22H35N3O3S/c1-19-9-13-24(14-10-19)12-6-5-11-23-22(26)21(20-7-3-2-4-8-20)25-15-17-29(27,28)18-16-25/h2-4,7-8,19,21H,5-6,9-18H2,1H3,(H,23,26). The topological polar surface area (TPSA) is 69.7 Å². The number of benzene rings is 1. The number of unbranched alkanes of at least 4 members (excludes halogenated alkanes) is 1. The molecule has 162 valence electrons. The van der Waals surface area contributed by atoms with E-state index in [1.807, 2.05) is 35.2 Å². The molecule has 1 amide bonds. The van der Waals surface area contributed by atoms with Gasteiger partial charge in [0, 0.05) is 19.6 Å². The number of rotatable bonds is 8. The van der Waals surface area contributed by atoms with Gasteiger partial charge in [0.1, 0.15) is 6.04 Å². The Morgan fingerprint density at radius 3 is 2.38 bits per heavy atom. The van der Waals surface area contributed by atoms with Gasteiger partial charge in [-0.3, -0.25) is 9.69 Å². The van der Waals surface area contributed by atoms with Gasteiger partial charge in [-0.15, -0.1) is 0 Å². The smallest absolute Gasteiger partial charge is 0.241 e. The molecule has 1 aromatic rings. The molecule has 0 aromatic heterocycles. The van der Waals surface area contributed by atoms with Crippen molar-refractivity contribution in [3.63, 3.8) is 0 Å². The number of carbonyl (C=O) groups excluding carboxylic acids is 1. The highest BCUT2D eigenvalue weighted by molar-refractivity contribution is 7.91. The van der Waals surface area contributed by atoms with E-state index in [0.717, 1.165) is 30.9 Å². The van der Waals surface area contributed by atoms with Crippen molar-refractivity contribution in [3.05, 3.63) is 35.9 Å². The molecule has 1 unspecified atom stereocenters. The number of piperidine rings is 1. The Balaban J connectivity index is 1.48. The maximum absolute atomic E-state index is 13.0. The summed E-state index contributed by atoms with van der Waals surface area (Å²) < 4.78 is 23.6. The number of nitrogens with one attached hydrogen (secondary N) is 1. The monoisotopic (exact) mass is 421 g/mol. The molecule has 7 heteroatoms. The molecule has 2 aliphatic rings. The van der Waals surface area contributed by atoms with Crippen molar-refractivity contribution < 1.29 is 13.2 Å². The Morgan fingerprint density at radius 2 is 1.72 bits per heavy atom. The van der Waals surface area contributed by atoms with Crippen LogP contribution in [0, 0.1) is 5.92 Å². The number of hydrogen-bond donors (Lipinski definition) is 1. The van der Waals surface area contributed by atoms with Crippen molar-refractivity contribution in [3.8, 4) is 0 Å². The number of sulfone groups is 1. The average molecular weight is 422 g/mol. The molecule has 1 aromatic carbocycles. The molecule has 0 aliphatic carbocycles. The lowest BCUT2D eigenvalue weighted by molar-refractivity contribution is -0.126. The van der Waals surface area contributed by atoms with Crippen molar-refractivity contribution >= 4 is 15.7 Å². The van der Waals surface area contributed by atoms with E-state index in [-0.39, 0.29) is 17.4 Å². The van der Waals surface area contributed by atoms with Crippen LogP contribution < -0.4 is 5.32 Å². The highest BCUT2D eigenvalue weighted by atomic mass is 32.2. The molecule has 0 saturated carbocycles. The fourth-order valence-electron chi connectivity index (χ4n) is 4.20. The Labute approximate surface area is 175 Å². The summed E-state index contributed by atoms with van der Waals surface area (Å²) in [7, 11) is -2.97. The van der Waals surface area contributed by atoms with Crippen LogP contribution in [-0.2, 0) is 14.6 Å². The molecule has 0 bridgehead atoms. The van der Waals surface area contributed by atoms with Crippen molar-refractivity contribution in [2.24, 2.45) is 5.92 Å². The number of carbonyl (C=O) groups is 1. The maximum Gasteiger partial charge on any atom is 0.241 e. The number of hydrogen-bond acceptors (Lipinski definition) is 5. The first kappa shape index (κ1) is 22.2. The van der Waals surface area contributed by atoms with Gasteiger partial charge in [-0.05, 0) is 56.8 Å². The maximum atomic E-state index is 13.0. The second-order valence-electron chi connectivity index (χ2n) is 8.52. The second-order valence-corrected chi connectivity index (χ2v) is 10.8. The van der Waals surface area contributed by atoms with Crippen LogP contribution in [0.3, 0.4) is 0 Å².